The number of rotatable bonds is 6. The Morgan fingerprint density at radius 1 is 1.27 bits per heavy atom. The van der Waals surface area contributed by atoms with Crippen LogP contribution < -0.4 is 10.9 Å². The Kier molecular flexibility index (Phi) is 6.27. The summed E-state index contributed by atoms with van der Waals surface area (Å²) in [7, 11) is 0. The number of aliphatic hydroxyl groups excluding tert-OH is 1. The van der Waals surface area contributed by atoms with Crippen LogP contribution in [0, 0.1) is 0 Å². The van der Waals surface area contributed by atoms with Gasteiger partial charge in [0.2, 0.25) is 0 Å². The molecule has 1 aliphatic heterocycles. The predicted octanol–water partition coefficient (Wildman–Crippen LogP) is 2.71. The van der Waals surface area contributed by atoms with Gasteiger partial charge in [-0.25, -0.2) is 4.98 Å². The molecule has 0 radical (unpaired) electrons. The van der Waals surface area contributed by atoms with Gasteiger partial charge in [-0.1, -0.05) is 41.9 Å². The lowest BCUT2D eigenvalue weighted by Gasteiger charge is -2.28. The number of nitrogens with zero attached hydrogens (tertiary/aromatic N) is 2. The van der Waals surface area contributed by atoms with Crippen LogP contribution in [-0.4, -0.2) is 39.1 Å². The maximum Gasteiger partial charge on any atom is 0.261 e. The molecule has 0 amide bonds. The average molecular weight is 426 g/mol. The summed E-state index contributed by atoms with van der Waals surface area (Å²) in [5.74, 6) is -0.122. The summed E-state index contributed by atoms with van der Waals surface area (Å²) in [6.07, 6.45) is 3.29. The van der Waals surface area contributed by atoms with Gasteiger partial charge in [0, 0.05) is 17.5 Å². The molecule has 2 aromatic carbocycles. The van der Waals surface area contributed by atoms with E-state index in [1.54, 1.807) is 6.07 Å². The van der Waals surface area contributed by atoms with Crippen molar-refractivity contribution >= 4 is 28.3 Å². The van der Waals surface area contributed by atoms with Crippen LogP contribution in [-0.2, 0) is 17.8 Å². The number of piperidine rings is 1. The number of Topliss-reactive ketones (excluding diaryl/α,β-unsaturated/α-hetero) is 1. The Morgan fingerprint density at radius 3 is 2.83 bits per heavy atom. The van der Waals surface area contributed by atoms with Gasteiger partial charge in [-0.15, -0.1) is 0 Å². The van der Waals surface area contributed by atoms with Crippen LogP contribution in [0.5, 0.6) is 0 Å². The SMILES string of the molecule is O=C(CC1NCCCC1O)Cn1cnc2cc(Cc3ccccc3)c(Cl)cc2c1=O. The van der Waals surface area contributed by atoms with Gasteiger partial charge in [-0.3, -0.25) is 14.2 Å². The first-order valence-electron chi connectivity index (χ1n) is 10.2. The summed E-state index contributed by atoms with van der Waals surface area (Å²) in [5.41, 5.74) is 2.28. The molecular weight excluding hydrogens is 402 g/mol. The largest absolute Gasteiger partial charge is 0.391 e. The fraction of sp³-hybridized carbons (Fsp3) is 0.348. The van der Waals surface area contributed by atoms with E-state index in [2.05, 4.69) is 10.3 Å². The number of fused-ring (bicyclic) bond motifs is 1. The lowest BCUT2D eigenvalue weighted by Crippen LogP contribution is -2.46. The number of aliphatic hydroxyl groups is 1. The normalized spacial score (nSPS) is 19.1. The van der Waals surface area contributed by atoms with E-state index in [4.69, 9.17) is 11.6 Å². The zero-order chi connectivity index (χ0) is 21.1. The summed E-state index contributed by atoms with van der Waals surface area (Å²) < 4.78 is 1.31. The zero-order valence-electron chi connectivity index (χ0n) is 16.6. The number of hydrogen-bond acceptors (Lipinski definition) is 5. The van der Waals surface area contributed by atoms with E-state index in [-0.39, 0.29) is 30.3 Å². The molecule has 156 valence electrons. The smallest absolute Gasteiger partial charge is 0.261 e. The molecule has 3 aromatic rings. The van der Waals surface area contributed by atoms with Gasteiger partial charge in [0.1, 0.15) is 0 Å². The first kappa shape index (κ1) is 20.7. The number of carbonyl (C=O) groups excluding carboxylic acids is 1. The van der Waals surface area contributed by atoms with E-state index in [1.165, 1.54) is 10.9 Å². The quantitative estimate of drug-likeness (QED) is 0.634. The summed E-state index contributed by atoms with van der Waals surface area (Å²) in [6.45, 7) is 0.715. The fourth-order valence-corrected chi connectivity index (χ4v) is 4.16. The molecule has 1 saturated heterocycles. The first-order valence-corrected chi connectivity index (χ1v) is 10.5. The summed E-state index contributed by atoms with van der Waals surface area (Å²) in [6, 6.07) is 13.2. The van der Waals surface area contributed by atoms with Gasteiger partial charge >= 0.3 is 0 Å². The number of halogens is 1. The van der Waals surface area contributed by atoms with Crippen molar-refractivity contribution in [2.45, 2.75) is 44.4 Å². The number of hydrogen-bond donors (Lipinski definition) is 2. The molecular formula is C23H24ClN3O3. The molecule has 4 rings (SSSR count). The second-order valence-corrected chi connectivity index (χ2v) is 8.22. The molecule has 1 fully saturated rings. The minimum atomic E-state index is -0.531. The van der Waals surface area contributed by atoms with Crippen molar-refractivity contribution in [1.29, 1.82) is 0 Å². The summed E-state index contributed by atoms with van der Waals surface area (Å²) >= 11 is 6.45. The van der Waals surface area contributed by atoms with Crippen molar-refractivity contribution in [3.8, 4) is 0 Å². The van der Waals surface area contributed by atoms with Gasteiger partial charge in [-0.2, -0.15) is 0 Å². The topological polar surface area (TPSA) is 84.2 Å². The molecule has 7 heteroatoms. The monoisotopic (exact) mass is 425 g/mol. The third kappa shape index (κ3) is 4.61. The van der Waals surface area contributed by atoms with Crippen LogP contribution in [0.25, 0.3) is 10.9 Å². The maximum absolute atomic E-state index is 12.9. The minimum Gasteiger partial charge on any atom is -0.391 e. The standard InChI is InChI=1S/C23H24ClN3O3/c24-19-12-18-20(10-16(19)9-15-5-2-1-3-6-15)26-14-27(23(18)30)13-17(28)11-21-22(29)7-4-8-25-21/h1-3,5-6,10,12,14,21-22,25,29H,4,7-9,11,13H2. The summed E-state index contributed by atoms with van der Waals surface area (Å²) in [4.78, 5) is 29.8. The van der Waals surface area contributed by atoms with Crippen molar-refractivity contribution in [2.24, 2.45) is 0 Å². The van der Waals surface area contributed by atoms with Crippen molar-refractivity contribution < 1.29 is 9.90 Å². The predicted molar refractivity (Wildman–Crippen MR) is 117 cm³/mol. The molecule has 2 N–H and O–H groups in total. The molecule has 1 aliphatic rings. The van der Waals surface area contributed by atoms with E-state index < -0.39 is 6.10 Å². The lowest BCUT2D eigenvalue weighted by atomic mass is 9.97. The Labute approximate surface area is 179 Å². The van der Waals surface area contributed by atoms with E-state index in [9.17, 15) is 14.7 Å². The van der Waals surface area contributed by atoms with Crippen molar-refractivity contribution in [3.05, 3.63) is 75.3 Å². The van der Waals surface area contributed by atoms with Crippen LogP contribution in [0.2, 0.25) is 5.02 Å². The maximum atomic E-state index is 12.9. The summed E-state index contributed by atoms with van der Waals surface area (Å²) in [5, 5.41) is 14.1. The first-order chi connectivity index (χ1) is 14.5. The second kappa shape index (κ2) is 9.08. The number of carbonyl (C=O) groups is 1. The second-order valence-electron chi connectivity index (χ2n) is 7.81. The molecule has 0 spiro atoms. The Hall–Kier alpha value is -2.54. The van der Waals surface area contributed by atoms with E-state index in [0.717, 1.165) is 24.1 Å². The number of nitrogens with one attached hydrogen (secondary N) is 1. The van der Waals surface area contributed by atoms with Crippen molar-refractivity contribution in [1.82, 2.24) is 14.9 Å². The zero-order valence-corrected chi connectivity index (χ0v) is 17.3. The fourth-order valence-electron chi connectivity index (χ4n) is 3.93. The number of benzene rings is 2. The third-order valence-corrected chi connectivity index (χ3v) is 5.92. The number of aromatic nitrogens is 2. The van der Waals surface area contributed by atoms with Crippen LogP contribution in [0.1, 0.15) is 30.4 Å². The van der Waals surface area contributed by atoms with Gasteiger partial charge in [0.25, 0.3) is 5.56 Å². The van der Waals surface area contributed by atoms with Crippen LogP contribution in [0.3, 0.4) is 0 Å². The number of ketones is 1. The molecule has 30 heavy (non-hydrogen) atoms. The van der Waals surface area contributed by atoms with Crippen molar-refractivity contribution in [3.63, 3.8) is 0 Å². The van der Waals surface area contributed by atoms with Gasteiger partial charge < -0.3 is 10.4 Å². The highest BCUT2D eigenvalue weighted by Gasteiger charge is 2.25. The molecule has 2 atom stereocenters. The van der Waals surface area contributed by atoms with Crippen LogP contribution in [0.15, 0.2) is 53.6 Å². The molecule has 6 nitrogen and oxygen atoms in total. The lowest BCUT2D eigenvalue weighted by molar-refractivity contribution is -0.121. The van der Waals surface area contributed by atoms with Gasteiger partial charge in [0.05, 0.1) is 29.9 Å². The van der Waals surface area contributed by atoms with Crippen LogP contribution >= 0.6 is 11.6 Å². The molecule has 0 bridgehead atoms. The van der Waals surface area contributed by atoms with Crippen LogP contribution in [0.4, 0.5) is 0 Å². The Morgan fingerprint density at radius 2 is 2.07 bits per heavy atom. The molecule has 2 heterocycles. The van der Waals surface area contributed by atoms with Crippen molar-refractivity contribution in [2.75, 3.05) is 6.54 Å². The highest BCUT2D eigenvalue weighted by molar-refractivity contribution is 6.32. The Balaban J connectivity index is 1.54. The minimum absolute atomic E-state index is 0.0734. The van der Waals surface area contributed by atoms with Gasteiger partial charge in [-0.05, 0) is 49.1 Å². The Bertz CT molecular complexity index is 1110. The van der Waals surface area contributed by atoms with E-state index in [0.29, 0.717) is 28.8 Å². The molecule has 0 aliphatic carbocycles. The van der Waals surface area contributed by atoms with E-state index >= 15 is 0 Å². The average Bonchev–Trinajstić information content (AvgIpc) is 2.74. The molecule has 0 saturated carbocycles. The van der Waals surface area contributed by atoms with E-state index in [1.807, 2.05) is 36.4 Å². The highest BCUT2D eigenvalue weighted by atomic mass is 35.5. The molecule has 1 aromatic heterocycles. The third-order valence-electron chi connectivity index (χ3n) is 5.57. The van der Waals surface area contributed by atoms with Gasteiger partial charge in [0.15, 0.2) is 5.78 Å². The highest BCUT2D eigenvalue weighted by Crippen LogP contribution is 2.23. The molecule has 2 unspecified atom stereocenters.